The molecule has 0 saturated heterocycles. The van der Waals surface area contributed by atoms with Crippen molar-refractivity contribution < 1.29 is 21.6 Å². The van der Waals surface area contributed by atoms with Gasteiger partial charge in [0.2, 0.25) is 0 Å². The van der Waals surface area contributed by atoms with Crippen LogP contribution in [0.1, 0.15) is 40.6 Å². The number of anilines is 2. The lowest BCUT2D eigenvalue weighted by Gasteiger charge is -2.38. The molecule has 0 fully saturated rings. The summed E-state index contributed by atoms with van der Waals surface area (Å²) in [4.78, 5) is 0.0722. The largest absolute Gasteiger partial charge is 0.416 e. The monoisotopic (exact) mass is 518 g/mol. The van der Waals surface area contributed by atoms with Gasteiger partial charge in [-0.15, -0.1) is 0 Å². The van der Waals surface area contributed by atoms with E-state index in [1.165, 1.54) is 18.2 Å². The molecule has 0 spiro atoms. The van der Waals surface area contributed by atoms with Crippen molar-refractivity contribution in [1.82, 2.24) is 0 Å². The van der Waals surface area contributed by atoms with Gasteiger partial charge in [0.15, 0.2) is 0 Å². The molecule has 0 radical (unpaired) electrons. The Morgan fingerprint density at radius 3 is 2.54 bits per heavy atom. The molecule has 0 amide bonds. The molecule has 3 aromatic rings. The van der Waals surface area contributed by atoms with Crippen molar-refractivity contribution in [3.05, 3.63) is 100 Å². The zero-order chi connectivity index (χ0) is 25.0. The minimum absolute atomic E-state index is 0.0722. The van der Waals surface area contributed by atoms with Crippen LogP contribution in [0.2, 0.25) is 5.02 Å². The lowest BCUT2D eigenvalue weighted by molar-refractivity contribution is -0.138. The maximum Gasteiger partial charge on any atom is 0.416 e. The predicted molar refractivity (Wildman–Crippen MR) is 131 cm³/mol. The Labute approximate surface area is 206 Å². The highest BCUT2D eigenvalue weighted by atomic mass is 35.5. The molecular formula is C26H22ClF3N2O2S. The minimum Gasteiger partial charge on any atom is -0.378 e. The molecule has 5 rings (SSSR count). The smallest absolute Gasteiger partial charge is 0.378 e. The third-order valence-electron chi connectivity index (χ3n) is 6.67. The van der Waals surface area contributed by atoms with Crippen molar-refractivity contribution >= 4 is 33.0 Å². The van der Waals surface area contributed by atoms with E-state index in [0.29, 0.717) is 22.8 Å². The molecule has 1 aliphatic carbocycles. The van der Waals surface area contributed by atoms with Crippen molar-refractivity contribution in [2.75, 3.05) is 10.0 Å². The number of rotatable bonds is 4. The first kappa shape index (κ1) is 23.8. The first-order valence-corrected chi connectivity index (χ1v) is 12.9. The van der Waals surface area contributed by atoms with Crippen LogP contribution in [-0.4, -0.2) is 8.42 Å². The van der Waals surface area contributed by atoms with E-state index in [9.17, 15) is 21.6 Å². The van der Waals surface area contributed by atoms with Gasteiger partial charge in [-0.3, -0.25) is 4.72 Å². The number of hydrogen-bond donors (Lipinski definition) is 2. The Morgan fingerprint density at radius 2 is 1.80 bits per heavy atom. The summed E-state index contributed by atoms with van der Waals surface area (Å²) < 4.78 is 69.9. The van der Waals surface area contributed by atoms with E-state index >= 15 is 0 Å². The number of alkyl halides is 3. The number of hydrogen-bond acceptors (Lipinski definition) is 3. The van der Waals surface area contributed by atoms with E-state index < -0.39 is 27.8 Å². The van der Waals surface area contributed by atoms with E-state index in [1.54, 1.807) is 36.4 Å². The third-order valence-corrected chi connectivity index (χ3v) is 8.46. The van der Waals surface area contributed by atoms with Gasteiger partial charge >= 0.3 is 6.18 Å². The zero-order valence-corrected chi connectivity index (χ0v) is 20.2. The molecule has 0 bridgehead atoms. The van der Waals surface area contributed by atoms with Gasteiger partial charge in [0, 0.05) is 16.6 Å². The Balaban J connectivity index is 1.51. The summed E-state index contributed by atoms with van der Waals surface area (Å²) >= 11 is 6.13. The predicted octanol–water partition coefficient (Wildman–Crippen LogP) is 7.29. The van der Waals surface area contributed by atoms with Crippen LogP contribution in [0, 0.1) is 12.8 Å². The third kappa shape index (κ3) is 4.41. The maximum atomic E-state index is 13.7. The van der Waals surface area contributed by atoms with E-state index in [0.717, 1.165) is 17.2 Å². The number of halogens is 4. The van der Waals surface area contributed by atoms with E-state index in [2.05, 4.69) is 10.0 Å². The summed E-state index contributed by atoms with van der Waals surface area (Å²) in [6, 6.07) is 14.6. The number of aryl methyl sites for hydroxylation is 1. The summed E-state index contributed by atoms with van der Waals surface area (Å²) in [6.45, 7) is 1.82. The summed E-state index contributed by atoms with van der Waals surface area (Å²) in [5, 5.41) is 3.71. The lowest BCUT2D eigenvalue weighted by Crippen LogP contribution is -2.31. The molecule has 3 atom stereocenters. The molecule has 1 aliphatic heterocycles. The van der Waals surface area contributed by atoms with Crippen molar-refractivity contribution in [2.45, 2.75) is 36.4 Å². The first-order valence-electron chi connectivity index (χ1n) is 11.1. The molecule has 35 heavy (non-hydrogen) atoms. The van der Waals surface area contributed by atoms with E-state index in [4.69, 9.17) is 11.6 Å². The molecule has 4 nitrogen and oxygen atoms in total. The molecule has 182 valence electrons. The molecule has 2 aliphatic rings. The normalized spacial score (nSPS) is 21.2. The highest BCUT2D eigenvalue weighted by Gasteiger charge is 2.42. The molecule has 0 aromatic heterocycles. The summed E-state index contributed by atoms with van der Waals surface area (Å²) in [6.07, 6.45) is 0.0216. The van der Waals surface area contributed by atoms with Crippen LogP contribution in [0.25, 0.3) is 0 Å². The molecule has 1 heterocycles. The van der Waals surface area contributed by atoms with Crippen molar-refractivity contribution in [2.24, 2.45) is 5.92 Å². The topological polar surface area (TPSA) is 58.2 Å². The highest BCUT2D eigenvalue weighted by molar-refractivity contribution is 7.92. The van der Waals surface area contributed by atoms with Crippen LogP contribution in [0.4, 0.5) is 24.5 Å². The van der Waals surface area contributed by atoms with Gasteiger partial charge in [-0.05, 0) is 72.4 Å². The average Bonchev–Trinajstić information content (AvgIpc) is 3.30. The highest BCUT2D eigenvalue weighted by Crippen LogP contribution is 2.51. The number of benzene rings is 3. The number of sulfonamides is 1. The second-order valence-electron chi connectivity index (χ2n) is 8.88. The molecule has 3 aromatic carbocycles. The molecule has 0 unspecified atom stereocenters. The average molecular weight is 519 g/mol. The van der Waals surface area contributed by atoms with Crippen LogP contribution in [0.5, 0.6) is 0 Å². The van der Waals surface area contributed by atoms with Gasteiger partial charge in [0.1, 0.15) is 0 Å². The van der Waals surface area contributed by atoms with Crippen LogP contribution in [0.3, 0.4) is 0 Å². The Bertz CT molecular complexity index is 1440. The van der Waals surface area contributed by atoms with Gasteiger partial charge in [0.05, 0.1) is 22.2 Å². The van der Waals surface area contributed by atoms with Crippen molar-refractivity contribution in [3.63, 3.8) is 0 Å². The van der Waals surface area contributed by atoms with Gasteiger partial charge in [-0.2, -0.15) is 13.2 Å². The Hall–Kier alpha value is -2.97. The number of nitrogens with one attached hydrogen (secondary N) is 2. The maximum absolute atomic E-state index is 13.7. The van der Waals surface area contributed by atoms with Gasteiger partial charge in [-0.1, -0.05) is 48.0 Å². The van der Waals surface area contributed by atoms with Gasteiger partial charge in [0.25, 0.3) is 10.0 Å². The Kier molecular flexibility index (Phi) is 5.84. The molecule has 0 saturated carbocycles. The Morgan fingerprint density at radius 1 is 1.03 bits per heavy atom. The number of fused-ring (bicyclic) bond motifs is 3. The fourth-order valence-corrected chi connectivity index (χ4v) is 6.21. The number of allylic oxidation sites excluding steroid dienone is 2. The molecule has 2 N–H and O–H groups in total. The van der Waals surface area contributed by atoms with Crippen molar-refractivity contribution in [3.8, 4) is 0 Å². The van der Waals surface area contributed by atoms with Crippen LogP contribution in [0.15, 0.2) is 77.7 Å². The summed E-state index contributed by atoms with van der Waals surface area (Å²) in [5.74, 6) is -0.380. The summed E-state index contributed by atoms with van der Waals surface area (Å²) in [7, 11) is -3.91. The standard InChI is InChI=1S/C26H22ClF3N2O2S/c1-15-9-10-16(13-23(15)27)32-35(33,34)17-11-12-24-21(14-17)18-6-4-7-19(18)25(31-24)20-5-2-3-8-22(20)26(28,29)30/h2-6,8-14,18-19,25,31-32H,7H2,1H3/t18-,19+,25-/m0/s1. The van der Waals surface area contributed by atoms with Crippen LogP contribution < -0.4 is 10.0 Å². The van der Waals surface area contributed by atoms with Crippen LogP contribution in [-0.2, 0) is 16.2 Å². The van der Waals surface area contributed by atoms with E-state index in [1.807, 2.05) is 19.1 Å². The fourth-order valence-electron chi connectivity index (χ4n) is 4.94. The minimum atomic E-state index is -4.47. The second-order valence-corrected chi connectivity index (χ2v) is 11.0. The van der Waals surface area contributed by atoms with Crippen LogP contribution >= 0.6 is 11.6 Å². The lowest BCUT2D eigenvalue weighted by atomic mass is 9.76. The quantitative estimate of drug-likeness (QED) is 0.356. The van der Waals surface area contributed by atoms with E-state index in [-0.39, 0.29) is 22.3 Å². The van der Waals surface area contributed by atoms with Gasteiger partial charge < -0.3 is 5.32 Å². The summed E-state index contributed by atoms with van der Waals surface area (Å²) in [5.41, 5.74) is 2.08. The SMILES string of the molecule is Cc1ccc(NS(=O)(=O)c2ccc3c(c2)[C@H]2C=CC[C@H]2[C@@H](c2ccccc2C(F)(F)F)N3)cc1Cl. The second kappa shape index (κ2) is 8.60. The molecule has 9 heteroatoms. The zero-order valence-electron chi connectivity index (χ0n) is 18.6. The van der Waals surface area contributed by atoms with Gasteiger partial charge in [-0.25, -0.2) is 8.42 Å². The van der Waals surface area contributed by atoms with Crippen molar-refractivity contribution in [1.29, 1.82) is 0 Å². The fraction of sp³-hybridized carbons (Fsp3) is 0.231. The molecular weight excluding hydrogens is 497 g/mol. The first-order chi connectivity index (χ1) is 16.5.